The van der Waals surface area contributed by atoms with Crippen molar-refractivity contribution >= 4 is 108 Å². The van der Waals surface area contributed by atoms with Gasteiger partial charge >= 0.3 is 0 Å². The number of fused-ring (bicyclic) bond motifs is 3. The Kier molecular flexibility index (Phi) is 4.46. The minimum absolute atomic E-state index is 0.976. The van der Waals surface area contributed by atoms with E-state index in [-0.39, 0.29) is 0 Å². The lowest BCUT2D eigenvalue weighted by atomic mass is 10.1. The molecule has 6 aromatic carbocycles. The number of hydrogen-bond acceptors (Lipinski definition) is 2. The first kappa shape index (κ1) is 23.7. The molecule has 0 aliphatic heterocycles. The molecule has 0 aliphatic rings. The molecule has 208 valence electrons. The zero-order chi connectivity index (χ0) is 29.2. The van der Waals surface area contributed by atoms with E-state index in [9.17, 15) is 0 Å². The molecule has 6 aromatic heterocycles. The van der Waals surface area contributed by atoms with Crippen LogP contribution >= 0.6 is 11.3 Å². The molecule has 0 unspecified atom stereocenters. The summed E-state index contributed by atoms with van der Waals surface area (Å²) in [7, 11) is 0. The van der Waals surface area contributed by atoms with E-state index in [1.54, 1.807) is 0 Å². The molecule has 6 heterocycles. The van der Waals surface area contributed by atoms with E-state index in [2.05, 4.69) is 148 Å². The summed E-state index contributed by atoms with van der Waals surface area (Å²) in [6.45, 7) is 0. The molecular weight excluding hydrogens is 567 g/mol. The van der Waals surface area contributed by atoms with Crippen molar-refractivity contribution in [1.29, 1.82) is 0 Å². The highest BCUT2D eigenvalue weighted by molar-refractivity contribution is 7.25. The first-order valence-corrected chi connectivity index (χ1v) is 16.1. The number of nitrogens with zero attached hydrogens (tertiary/aromatic N) is 3. The molecule has 0 saturated carbocycles. The number of thiophene rings is 1. The molecule has 0 atom stereocenters. The second kappa shape index (κ2) is 8.47. The predicted molar refractivity (Wildman–Crippen MR) is 193 cm³/mol. The van der Waals surface area contributed by atoms with Crippen LogP contribution in [0.3, 0.4) is 0 Å². The maximum atomic E-state index is 5.25. The lowest BCUT2D eigenvalue weighted by Crippen LogP contribution is -1.89. The number of hydrogen-bond donors (Lipinski definition) is 0. The van der Waals surface area contributed by atoms with Gasteiger partial charge in [0.2, 0.25) is 0 Å². The van der Waals surface area contributed by atoms with Gasteiger partial charge in [-0.25, -0.2) is 4.98 Å². The van der Waals surface area contributed by atoms with E-state index in [0.717, 1.165) is 27.7 Å². The Morgan fingerprint density at radius 1 is 0.422 bits per heavy atom. The molecule has 0 aliphatic carbocycles. The molecule has 0 amide bonds. The molecule has 4 heteroatoms. The SMILES string of the molecule is c1ccc2c(c1)c1c3c4ccccc4n4c5cccc(c5)c5ccc6sc7ccc(cc7c6c5)c5cccc(c5)n2c1cnc34. The Morgan fingerprint density at radius 2 is 0.978 bits per heavy atom. The highest BCUT2D eigenvalue weighted by Crippen LogP contribution is 2.40. The molecule has 3 nitrogen and oxygen atoms in total. The molecule has 0 radical (unpaired) electrons. The van der Waals surface area contributed by atoms with E-state index in [0.29, 0.717) is 0 Å². The van der Waals surface area contributed by atoms with E-state index >= 15 is 0 Å². The third kappa shape index (κ3) is 3.11. The first-order valence-electron chi connectivity index (χ1n) is 15.3. The fraction of sp³-hybridized carbons (Fsp3) is 0. The van der Waals surface area contributed by atoms with Crippen LogP contribution in [-0.4, -0.2) is 13.8 Å². The quantitative estimate of drug-likeness (QED) is 0.172. The second-order valence-electron chi connectivity index (χ2n) is 12.0. The minimum Gasteiger partial charge on any atom is -0.308 e. The first-order chi connectivity index (χ1) is 22.3. The van der Waals surface area contributed by atoms with Gasteiger partial charge in [0, 0.05) is 52.8 Å². The van der Waals surface area contributed by atoms with Crippen molar-refractivity contribution in [2.45, 2.75) is 0 Å². The minimum atomic E-state index is 0.976. The lowest BCUT2D eigenvalue weighted by molar-refractivity contribution is 1.24. The summed E-state index contributed by atoms with van der Waals surface area (Å²) in [6, 6.07) is 49.3. The Bertz CT molecular complexity index is 2890. The third-order valence-electron chi connectivity index (χ3n) is 9.66. The Balaban J connectivity index is 1.50. The average molecular weight is 590 g/mol. The summed E-state index contributed by atoms with van der Waals surface area (Å²) >= 11 is 1.87. The van der Waals surface area contributed by atoms with Crippen LogP contribution in [0.1, 0.15) is 0 Å². The van der Waals surface area contributed by atoms with Crippen LogP contribution in [0.2, 0.25) is 0 Å². The van der Waals surface area contributed by atoms with Gasteiger partial charge in [0.05, 0.1) is 22.7 Å². The van der Waals surface area contributed by atoms with Gasteiger partial charge in [-0.05, 0) is 82.2 Å². The maximum absolute atomic E-state index is 5.25. The zero-order valence-electron chi connectivity index (χ0n) is 24.0. The normalized spacial score (nSPS) is 12.4. The smallest absolute Gasteiger partial charge is 0.146 e. The van der Waals surface area contributed by atoms with Crippen LogP contribution in [0.25, 0.3) is 96.5 Å². The van der Waals surface area contributed by atoms with Crippen LogP contribution in [0.5, 0.6) is 0 Å². The van der Waals surface area contributed by atoms with Crippen molar-refractivity contribution in [2.75, 3.05) is 0 Å². The van der Waals surface area contributed by atoms with Crippen molar-refractivity contribution in [2.24, 2.45) is 0 Å². The van der Waals surface area contributed by atoms with Crippen molar-refractivity contribution < 1.29 is 0 Å². The summed E-state index contributed by atoms with van der Waals surface area (Å²) in [5.41, 5.74) is 6.68. The van der Waals surface area contributed by atoms with Crippen molar-refractivity contribution in [3.8, 4) is 0 Å². The topological polar surface area (TPSA) is 21.7 Å². The Hall–Kier alpha value is -5.71. The van der Waals surface area contributed by atoms with Crippen LogP contribution in [0.4, 0.5) is 0 Å². The van der Waals surface area contributed by atoms with E-state index in [1.807, 2.05) is 11.3 Å². The maximum Gasteiger partial charge on any atom is 0.146 e. The summed E-state index contributed by atoms with van der Waals surface area (Å²) in [5, 5.41) is 12.3. The number of para-hydroxylation sites is 2. The van der Waals surface area contributed by atoms with E-state index in [1.165, 1.54) is 68.8 Å². The van der Waals surface area contributed by atoms with Crippen LogP contribution in [0.15, 0.2) is 140 Å². The average Bonchev–Trinajstić information content (AvgIpc) is 3.75. The third-order valence-corrected chi connectivity index (χ3v) is 10.8. The monoisotopic (exact) mass is 589 g/mol. The van der Waals surface area contributed by atoms with Gasteiger partial charge in [-0.2, -0.15) is 0 Å². The molecule has 0 saturated heterocycles. The summed E-state index contributed by atoms with van der Waals surface area (Å²) in [6.07, 6.45) is 2.07. The van der Waals surface area contributed by atoms with Crippen molar-refractivity contribution in [3.63, 3.8) is 0 Å². The molecule has 0 spiro atoms. The largest absolute Gasteiger partial charge is 0.308 e. The van der Waals surface area contributed by atoms with Gasteiger partial charge in [0.1, 0.15) is 5.65 Å². The highest BCUT2D eigenvalue weighted by Gasteiger charge is 2.18. The molecule has 45 heavy (non-hydrogen) atoms. The van der Waals surface area contributed by atoms with Gasteiger partial charge in [0.25, 0.3) is 0 Å². The van der Waals surface area contributed by atoms with Gasteiger partial charge in [-0.15, -0.1) is 11.3 Å². The Morgan fingerprint density at radius 3 is 1.64 bits per heavy atom. The number of pyridine rings is 1. The molecule has 14 bridgehead atoms. The van der Waals surface area contributed by atoms with Crippen molar-refractivity contribution in [1.82, 2.24) is 13.8 Å². The highest BCUT2D eigenvalue weighted by atomic mass is 32.1. The standard InChI is InChI=1S/C41H23N3S/c1-3-13-34-30(11-1)39-36-23-42-41-40(39)31-12-2-4-14-35(31)44(41)29-10-6-8-25(20-29)27-16-18-38-33(22-27)32-21-26(15-17-37(32)45-38)24-7-5-9-28(19-24)43(34)36/h1-23H. The zero-order valence-corrected chi connectivity index (χ0v) is 24.8. The van der Waals surface area contributed by atoms with E-state index < -0.39 is 0 Å². The van der Waals surface area contributed by atoms with Crippen LogP contribution in [0, 0.1) is 0 Å². The molecule has 12 rings (SSSR count). The van der Waals surface area contributed by atoms with Crippen LogP contribution in [-0.2, 0) is 0 Å². The second-order valence-corrected chi connectivity index (χ2v) is 13.1. The summed E-state index contributed by atoms with van der Waals surface area (Å²) in [5.74, 6) is 0. The molecular formula is C41H23N3S. The number of benzene rings is 6. The van der Waals surface area contributed by atoms with Gasteiger partial charge in [-0.1, -0.05) is 72.8 Å². The fourth-order valence-electron chi connectivity index (χ4n) is 7.69. The molecule has 12 aromatic rings. The van der Waals surface area contributed by atoms with Gasteiger partial charge in [0.15, 0.2) is 0 Å². The van der Waals surface area contributed by atoms with Crippen molar-refractivity contribution in [3.05, 3.63) is 140 Å². The van der Waals surface area contributed by atoms with E-state index in [4.69, 9.17) is 4.98 Å². The predicted octanol–water partition coefficient (Wildman–Crippen LogP) is 11.4. The lowest BCUT2D eigenvalue weighted by Gasteiger charge is -2.03. The Labute approximate surface area is 260 Å². The molecule has 0 fully saturated rings. The number of rotatable bonds is 0. The summed E-state index contributed by atoms with van der Waals surface area (Å²) < 4.78 is 7.36. The summed E-state index contributed by atoms with van der Waals surface area (Å²) in [4.78, 5) is 5.25. The number of aromatic nitrogens is 3. The van der Waals surface area contributed by atoms with Gasteiger partial charge in [-0.3, -0.25) is 4.40 Å². The van der Waals surface area contributed by atoms with Crippen LogP contribution < -0.4 is 0 Å². The van der Waals surface area contributed by atoms with Gasteiger partial charge < -0.3 is 4.40 Å². The fourth-order valence-corrected chi connectivity index (χ4v) is 8.75. The molecule has 0 N–H and O–H groups in total.